The quantitative estimate of drug-likeness (QED) is 0.927. The van der Waals surface area contributed by atoms with E-state index in [-0.39, 0.29) is 17.9 Å². The molecule has 0 radical (unpaired) electrons. The number of piperidine rings is 1. The van der Waals surface area contributed by atoms with Gasteiger partial charge in [-0.2, -0.15) is 0 Å². The van der Waals surface area contributed by atoms with E-state index in [0.29, 0.717) is 18.8 Å². The summed E-state index contributed by atoms with van der Waals surface area (Å²) in [4.78, 5) is 2.25. The predicted molar refractivity (Wildman–Crippen MR) is 78.2 cm³/mol. The molecule has 2 heterocycles. The molecule has 2 unspecified atom stereocenters. The van der Waals surface area contributed by atoms with Crippen molar-refractivity contribution < 1.29 is 13.9 Å². The fraction of sp³-hybridized carbons (Fsp3) is 0.625. The normalized spacial score (nSPS) is 25.1. The zero-order valence-corrected chi connectivity index (χ0v) is 12.4. The first-order valence-corrected chi connectivity index (χ1v) is 7.63. The van der Waals surface area contributed by atoms with Crippen molar-refractivity contribution in [3.05, 3.63) is 35.6 Å². The molecule has 2 aliphatic heterocycles. The minimum atomic E-state index is -0.409. The lowest BCUT2D eigenvalue weighted by Crippen LogP contribution is -2.49. The highest BCUT2D eigenvalue weighted by atomic mass is 19.1. The third-order valence-corrected chi connectivity index (χ3v) is 4.49. The lowest BCUT2D eigenvalue weighted by atomic mass is 9.94. The van der Waals surface area contributed by atoms with Crippen molar-refractivity contribution in [2.24, 2.45) is 5.73 Å². The number of benzene rings is 1. The molecule has 2 aliphatic rings. The van der Waals surface area contributed by atoms with Gasteiger partial charge in [0.05, 0.1) is 19.3 Å². The third-order valence-electron chi connectivity index (χ3n) is 4.49. The van der Waals surface area contributed by atoms with Crippen molar-refractivity contribution in [2.45, 2.75) is 37.6 Å². The second-order valence-corrected chi connectivity index (χ2v) is 5.97. The zero-order valence-electron chi connectivity index (χ0n) is 12.4. The van der Waals surface area contributed by atoms with E-state index < -0.39 is 5.79 Å². The summed E-state index contributed by atoms with van der Waals surface area (Å²) < 4.78 is 25.6. The lowest BCUT2D eigenvalue weighted by molar-refractivity contribution is -0.188. The average molecular weight is 294 g/mol. The first-order chi connectivity index (χ1) is 10.1. The molecule has 2 fully saturated rings. The van der Waals surface area contributed by atoms with Crippen LogP contribution in [0.15, 0.2) is 24.3 Å². The highest BCUT2D eigenvalue weighted by Crippen LogP contribution is 2.35. The summed E-state index contributed by atoms with van der Waals surface area (Å²) in [5.74, 6) is -0.595. The summed E-state index contributed by atoms with van der Waals surface area (Å²) in [6, 6.07) is 6.66. The number of halogens is 1. The topological polar surface area (TPSA) is 47.7 Å². The van der Waals surface area contributed by atoms with Crippen molar-refractivity contribution in [2.75, 3.05) is 26.3 Å². The summed E-state index contributed by atoms with van der Waals surface area (Å²) in [5, 5.41) is 0. The molecule has 1 aromatic rings. The van der Waals surface area contributed by atoms with E-state index in [1.807, 2.05) is 19.1 Å². The van der Waals surface area contributed by atoms with Crippen LogP contribution in [-0.4, -0.2) is 43.0 Å². The maximum Gasteiger partial charge on any atom is 0.170 e. The molecule has 4 nitrogen and oxygen atoms in total. The van der Waals surface area contributed by atoms with Crippen LogP contribution in [-0.2, 0) is 9.47 Å². The van der Waals surface area contributed by atoms with Gasteiger partial charge in [0.15, 0.2) is 5.79 Å². The van der Waals surface area contributed by atoms with Gasteiger partial charge in [-0.15, -0.1) is 0 Å². The molecule has 0 aliphatic carbocycles. The van der Waals surface area contributed by atoms with Crippen LogP contribution in [0.25, 0.3) is 0 Å². The van der Waals surface area contributed by atoms with Gasteiger partial charge in [0.1, 0.15) is 5.82 Å². The van der Waals surface area contributed by atoms with Gasteiger partial charge in [0, 0.05) is 37.5 Å². The van der Waals surface area contributed by atoms with Crippen LogP contribution in [0.5, 0.6) is 0 Å². The van der Waals surface area contributed by atoms with E-state index >= 15 is 0 Å². The maximum atomic E-state index is 14.1. The Bertz CT molecular complexity index is 479. The van der Waals surface area contributed by atoms with Gasteiger partial charge in [-0.3, -0.25) is 4.90 Å². The predicted octanol–water partition coefficient (Wildman–Crippen LogP) is 2.05. The Morgan fingerprint density at radius 1 is 1.19 bits per heavy atom. The van der Waals surface area contributed by atoms with Crippen LogP contribution in [0.3, 0.4) is 0 Å². The van der Waals surface area contributed by atoms with Crippen molar-refractivity contribution in [1.29, 1.82) is 0 Å². The maximum absolute atomic E-state index is 14.1. The van der Waals surface area contributed by atoms with Crippen LogP contribution in [0.1, 0.15) is 31.4 Å². The SMILES string of the molecule is CC(N)C(c1ccccc1F)N1CCC2(CC1)OCCO2. The van der Waals surface area contributed by atoms with Gasteiger partial charge in [-0.25, -0.2) is 4.39 Å². The molecule has 2 N–H and O–H groups in total. The molecule has 0 bridgehead atoms. The second kappa shape index (κ2) is 6.01. The van der Waals surface area contributed by atoms with E-state index in [1.54, 1.807) is 6.07 Å². The molecular weight excluding hydrogens is 271 g/mol. The average Bonchev–Trinajstić information content (AvgIpc) is 2.92. The number of nitrogens with zero attached hydrogens (tertiary/aromatic N) is 1. The van der Waals surface area contributed by atoms with E-state index in [0.717, 1.165) is 25.9 Å². The number of hydrogen-bond donors (Lipinski definition) is 1. The zero-order chi connectivity index (χ0) is 14.9. The van der Waals surface area contributed by atoms with E-state index in [9.17, 15) is 4.39 Å². The van der Waals surface area contributed by atoms with Crippen LogP contribution < -0.4 is 5.73 Å². The Balaban J connectivity index is 1.76. The number of ether oxygens (including phenoxy) is 2. The number of hydrogen-bond acceptors (Lipinski definition) is 4. The standard InChI is InChI=1S/C16H23FN2O2/c1-12(18)15(13-4-2-3-5-14(13)17)19-8-6-16(7-9-19)20-10-11-21-16/h2-5,12,15H,6-11,18H2,1H3. The second-order valence-electron chi connectivity index (χ2n) is 5.97. The monoisotopic (exact) mass is 294 g/mol. The number of likely N-dealkylation sites (tertiary alicyclic amines) is 1. The Kier molecular flexibility index (Phi) is 4.26. The fourth-order valence-corrected chi connectivity index (χ4v) is 3.46. The Morgan fingerprint density at radius 3 is 2.38 bits per heavy atom. The number of nitrogens with two attached hydrogens (primary N) is 1. The molecule has 0 aromatic heterocycles. The minimum Gasteiger partial charge on any atom is -0.347 e. The largest absolute Gasteiger partial charge is 0.347 e. The van der Waals surface area contributed by atoms with Crippen LogP contribution in [0.4, 0.5) is 4.39 Å². The van der Waals surface area contributed by atoms with Crippen molar-refractivity contribution in [3.8, 4) is 0 Å². The summed E-state index contributed by atoms with van der Waals surface area (Å²) in [6.07, 6.45) is 1.62. The Labute approximate surface area is 125 Å². The van der Waals surface area contributed by atoms with Crippen molar-refractivity contribution in [3.63, 3.8) is 0 Å². The summed E-state index contributed by atoms with van der Waals surface area (Å²) in [7, 11) is 0. The first kappa shape index (κ1) is 14.9. The first-order valence-electron chi connectivity index (χ1n) is 7.63. The molecule has 0 saturated carbocycles. The molecule has 0 amide bonds. The molecule has 3 rings (SSSR count). The molecular formula is C16H23FN2O2. The fourth-order valence-electron chi connectivity index (χ4n) is 3.46. The third kappa shape index (κ3) is 2.97. The number of rotatable bonds is 3. The summed E-state index contributed by atoms with van der Waals surface area (Å²) in [5.41, 5.74) is 6.82. The Morgan fingerprint density at radius 2 is 1.81 bits per heavy atom. The highest BCUT2D eigenvalue weighted by Gasteiger charge is 2.42. The molecule has 5 heteroatoms. The minimum absolute atomic E-state index is 0.107. The summed E-state index contributed by atoms with van der Waals surface area (Å²) >= 11 is 0. The van der Waals surface area contributed by atoms with E-state index in [2.05, 4.69) is 4.90 Å². The lowest BCUT2D eigenvalue weighted by Gasteiger charge is -2.42. The van der Waals surface area contributed by atoms with E-state index in [4.69, 9.17) is 15.2 Å². The molecule has 1 spiro atoms. The van der Waals surface area contributed by atoms with E-state index in [1.165, 1.54) is 6.07 Å². The van der Waals surface area contributed by atoms with Gasteiger partial charge >= 0.3 is 0 Å². The molecule has 1 aromatic carbocycles. The molecule has 116 valence electrons. The van der Waals surface area contributed by atoms with Gasteiger partial charge < -0.3 is 15.2 Å². The van der Waals surface area contributed by atoms with Crippen molar-refractivity contribution in [1.82, 2.24) is 4.90 Å². The molecule has 2 saturated heterocycles. The highest BCUT2D eigenvalue weighted by molar-refractivity contribution is 5.23. The smallest absolute Gasteiger partial charge is 0.170 e. The molecule has 21 heavy (non-hydrogen) atoms. The van der Waals surface area contributed by atoms with Gasteiger partial charge in [-0.05, 0) is 13.0 Å². The Hall–Kier alpha value is -1.01. The van der Waals surface area contributed by atoms with Gasteiger partial charge in [-0.1, -0.05) is 18.2 Å². The van der Waals surface area contributed by atoms with Gasteiger partial charge in [0.25, 0.3) is 0 Å². The van der Waals surface area contributed by atoms with Gasteiger partial charge in [0.2, 0.25) is 0 Å². The molecule has 2 atom stereocenters. The van der Waals surface area contributed by atoms with Crippen molar-refractivity contribution >= 4 is 0 Å². The van der Waals surface area contributed by atoms with Crippen LogP contribution in [0.2, 0.25) is 0 Å². The van der Waals surface area contributed by atoms with Crippen LogP contribution >= 0.6 is 0 Å². The van der Waals surface area contributed by atoms with Crippen LogP contribution in [0, 0.1) is 5.82 Å². The summed E-state index contributed by atoms with van der Waals surface area (Å²) in [6.45, 7) is 4.89.